The summed E-state index contributed by atoms with van der Waals surface area (Å²) < 4.78 is 16.8. The number of carbonyl (C=O) groups is 4. The zero-order chi connectivity index (χ0) is 41.6. The molecule has 11 nitrogen and oxygen atoms in total. The molecule has 1 aliphatic heterocycles. The number of carbonyl (C=O) groups excluding carboxylic acids is 3. The molecular formula is C42H60ClN3O8S2. The van der Waals surface area contributed by atoms with E-state index in [0.717, 1.165) is 25.1 Å². The van der Waals surface area contributed by atoms with Crippen molar-refractivity contribution < 1.29 is 38.5 Å². The highest BCUT2D eigenvalue weighted by Crippen LogP contribution is 2.44. The SMILES string of the molecule is COc1ccc(C[C@@H](NC(=O)/C=C/CC[C@H](C)C2O[C@@H]2c2ccc(CNCC(C)(C)SSC)cc2)C(=O)NCC(C)(C)C(=O)O[C@@H](CC(C)C)C(=O)O)cc1Cl. The van der Waals surface area contributed by atoms with Crippen molar-refractivity contribution in [1.29, 1.82) is 0 Å². The van der Waals surface area contributed by atoms with Gasteiger partial charge in [0, 0.05) is 30.8 Å². The average molecular weight is 835 g/mol. The van der Waals surface area contributed by atoms with Crippen molar-refractivity contribution in [3.63, 3.8) is 0 Å². The number of ether oxygens (including phenoxy) is 3. The highest BCUT2D eigenvalue weighted by molar-refractivity contribution is 8.77. The first-order valence-electron chi connectivity index (χ1n) is 19.0. The summed E-state index contributed by atoms with van der Waals surface area (Å²) in [4.78, 5) is 51.3. The number of benzene rings is 2. The van der Waals surface area contributed by atoms with E-state index >= 15 is 0 Å². The molecule has 0 spiro atoms. The molecule has 3 rings (SSSR count). The maximum atomic E-state index is 13.5. The number of allylic oxidation sites excluding steroid dienone is 1. The summed E-state index contributed by atoms with van der Waals surface area (Å²) in [5, 5.41) is 19.0. The molecule has 310 valence electrons. The molecule has 4 N–H and O–H groups in total. The Labute approximate surface area is 345 Å². The molecule has 2 amide bonds. The third-order valence-corrected chi connectivity index (χ3v) is 12.3. The Morgan fingerprint density at radius 1 is 1.02 bits per heavy atom. The van der Waals surface area contributed by atoms with E-state index in [1.807, 2.05) is 24.6 Å². The van der Waals surface area contributed by atoms with E-state index in [1.165, 1.54) is 18.7 Å². The highest BCUT2D eigenvalue weighted by Gasteiger charge is 2.43. The van der Waals surface area contributed by atoms with Crippen molar-refractivity contribution in [2.24, 2.45) is 17.3 Å². The van der Waals surface area contributed by atoms with Gasteiger partial charge in [0.05, 0.1) is 23.7 Å². The van der Waals surface area contributed by atoms with Gasteiger partial charge in [0.15, 0.2) is 6.10 Å². The second-order valence-corrected chi connectivity index (χ2v) is 19.5. The smallest absolute Gasteiger partial charge is 0.345 e. The Morgan fingerprint density at radius 2 is 1.70 bits per heavy atom. The molecule has 14 heteroatoms. The van der Waals surface area contributed by atoms with Gasteiger partial charge in [-0.25, -0.2) is 4.79 Å². The second kappa shape index (κ2) is 22.1. The van der Waals surface area contributed by atoms with Gasteiger partial charge >= 0.3 is 11.9 Å². The molecule has 1 heterocycles. The monoisotopic (exact) mass is 833 g/mol. The Hall–Kier alpha value is -3.23. The first kappa shape index (κ1) is 47.1. The summed E-state index contributed by atoms with van der Waals surface area (Å²) in [6.07, 6.45) is 5.93. The molecule has 0 aromatic heterocycles. The van der Waals surface area contributed by atoms with Crippen molar-refractivity contribution in [1.82, 2.24) is 16.0 Å². The summed E-state index contributed by atoms with van der Waals surface area (Å²) in [5.74, 6) is -2.22. The largest absolute Gasteiger partial charge is 0.495 e. The Kier molecular flexibility index (Phi) is 18.6. The van der Waals surface area contributed by atoms with Gasteiger partial charge in [-0.2, -0.15) is 0 Å². The Balaban J connectivity index is 1.54. The van der Waals surface area contributed by atoms with E-state index in [0.29, 0.717) is 22.8 Å². The van der Waals surface area contributed by atoms with Gasteiger partial charge < -0.3 is 35.3 Å². The first-order valence-corrected chi connectivity index (χ1v) is 22.0. The van der Waals surface area contributed by atoms with E-state index in [9.17, 15) is 24.3 Å². The minimum atomic E-state index is -1.30. The second-order valence-electron chi connectivity index (χ2n) is 16.0. The van der Waals surface area contributed by atoms with Crippen LogP contribution in [0.15, 0.2) is 54.6 Å². The third kappa shape index (κ3) is 15.6. The van der Waals surface area contributed by atoms with Gasteiger partial charge in [-0.05, 0) is 99.9 Å². The van der Waals surface area contributed by atoms with Crippen LogP contribution in [0.2, 0.25) is 5.02 Å². The molecule has 5 atom stereocenters. The molecule has 0 saturated carbocycles. The highest BCUT2D eigenvalue weighted by atomic mass is 35.5. The minimum Gasteiger partial charge on any atom is -0.495 e. The summed E-state index contributed by atoms with van der Waals surface area (Å²) >= 11 is 6.34. The molecule has 1 fully saturated rings. The van der Waals surface area contributed by atoms with E-state index in [1.54, 1.807) is 48.9 Å². The number of nitrogens with one attached hydrogen (secondary N) is 3. The maximum absolute atomic E-state index is 13.5. The van der Waals surface area contributed by atoms with Crippen LogP contribution in [-0.4, -0.2) is 78.3 Å². The number of carboxylic acid groups (broad SMARTS) is 1. The summed E-state index contributed by atoms with van der Waals surface area (Å²) in [6, 6.07) is 12.7. The minimum absolute atomic E-state index is 0.00607. The number of hydrogen-bond donors (Lipinski definition) is 4. The van der Waals surface area contributed by atoms with Crippen LogP contribution in [-0.2, 0) is 41.6 Å². The molecule has 1 aliphatic rings. The Morgan fingerprint density at radius 3 is 2.30 bits per heavy atom. The van der Waals surface area contributed by atoms with E-state index in [2.05, 4.69) is 67.2 Å². The molecule has 56 heavy (non-hydrogen) atoms. The van der Waals surface area contributed by atoms with Crippen LogP contribution in [0.25, 0.3) is 0 Å². The fraction of sp³-hybridized carbons (Fsp3) is 0.571. The van der Waals surface area contributed by atoms with Crippen LogP contribution in [0.5, 0.6) is 5.75 Å². The molecule has 1 saturated heterocycles. The van der Waals surface area contributed by atoms with Crippen molar-refractivity contribution in [3.8, 4) is 5.75 Å². The van der Waals surface area contributed by atoms with Gasteiger partial charge in [-0.1, -0.05) is 90.4 Å². The molecule has 0 bridgehead atoms. The number of hydrogen-bond acceptors (Lipinski definition) is 10. The molecule has 2 aromatic carbocycles. The van der Waals surface area contributed by atoms with Crippen LogP contribution in [0, 0.1) is 17.3 Å². The van der Waals surface area contributed by atoms with Crippen LogP contribution in [0.4, 0.5) is 0 Å². The van der Waals surface area contributed by atoms with Crippen molar-refractivity contribution in [2.75, 3.05) is 26.5 Å². The zero-order valence-corrected chi connectivity index (χ0v) is 36.5. The van der Waals surface area contributed by atoms with Gasteiger partial charge in [-0.3, -0.25) is 14.4 Å². The van der Waals surface area contributed by atoms with Crippen LogP contribution < -0.4 is 20.7 Å². The van der Waals surface area contributed by atoms with Crippen LogP contribution in [0.1, 0.15) is 90.5 Å². The lowest BCUT2D eigenvalue weighted by Gasteiger charge is -2.27. The van der Waals surface area contributed by atoms with Crippen LogP contribution in [0.3, 0.4) is 0 Å². The van der Waals surface area contributed by atoms with Gasteiger partial charge in [0.1, 0.15) is 17.9 Å². The standard InChI is InChI=1S/C42H60ClN3O8S2/c1-26(2)20-34(39(49)50)53-40(51)41(4,5)24-45-38(48)32(22-29-16-19-33(52-8)31(43)21-29)46-35(47)13-11-10-12-27(3)36-37(54-36)30-17-14-28(15-18-30)23-44-25-42(6,7)56-55-9/h11,13-19,21,26-27,32,34,36-37,44H,10,12,20,22-25H2,1-9H3,(H,45,48)(H,46,47)(H,49,50)/b13-11+/t27-,32+,34-,36?,37+/m0/s1. The van der Waals surface area contributed by atoms with E-state index in [4.69, 9.17) is 25.8 Å². The lowest BCUT2D eigenvalue weighted by molar-refractivity contribution is -0.171. The fourth-order valence-corrected chi connectivity index (χ4v) is 8.47. The quantitative estimate of drug-likeness (QED) is 0.0359. The predicted molar refractivity (Wildman–Crippen MR) is 226 cm³/mol. The summed E-state index contributed by atoms with van der Waals surface area (Å²) in [6.45, 7) is 15.0. The van der Waals surface area contributed by atoms with Crippen LogP contribution >= 0.6 is 33.2 Å². The topological polar surface area (TPSA) is 156 Å². The number of carboxylic acids is 1. The van der Waals surface area contributed by atoms with Gasteiger partial charge in [-0.15, -0.1) is 0 Å². The molecule has 2 aromatic rings. The van der Waals surface area contributed by atoms with Crippen molar-refractivity contribution in [2.45, 2.75) is 110 Å². The fourth-order valence-electron chi connectivity index (χ4n) is 6.05. The number of methoxy groups -OCH3 is 1. The zero-order valence-electron chi connectivity index (χ0n) is 34.1. The number of epoxide rings is 1. The van der Waals surface area contributed by atoms with Gasteiger partial charge in [0.25, 0.3) is 0 Å². The van der Waals surface area contributed by atoms with Gasteiger partial charge in [0.2, 0.25) is 11.8 Å². The number of esters is 1. The average Bonchev–Trinajstić information content (AvgIpc) is 3.93. The van der Waals surface area contributed by atoms with Crippen molar-refractivity contribution in [3.05, 3.63) is 76.3 Å². The van der Waals surface area contributed by atoms with Crippen molar-refractivity contribution >= 4 is 56.9 Å². The number of aliphatic carboxylic acids is 1. The maximum Gasteiger partial charge on any atom is 0.345 e. The Bertz CT molecular complexity index is 1650. The van der Waals surface area contributed by atoms with E-state index in [-0.39, 0.29) is 48.2 Å². The number of amides is 2. The molecule has 0 radical (unpaired) electrons. The predicted octanol–water partition coefficient (Wildman–Crippen LogP) is 7.55. The molecule has 0 aliphatic carbocycles. The molecule has 1 unspecified atom stereocenters. The summed E-state index contributed by atoms with van der Waals surface area (Å²) in [7, 11) is 5.16. The number of halogens is 1. The lowest BCUT2D eigenvalue weighted by Crippen LogP contribution is -2.51. The third-order valence-electron chi connectivity index (χ3n) is 9.40. The normalized spacial score (nSPS) is 17.3. The lowest BCUT2D eigenvalue weighted by atomic mass is 9.93. The van der Waals surface area contributed by atoms with E-state index < -0.39 is 41.3 Å². The molecular weight excluding hydrogens is 774 g/mol. The number of rotatable bonds is 24. The first-order chi connectivity index (χ1) is 26.3. The summed E-state index contributed by atoms with van der Waals surface area (Å²) in [5.41, 5.74) is 1.83.